The van der Waals surface area contributed by atoms with Gasteiger partial charge in [-0.05, 0) is 41.9 Å². The Morgan fingerprint density at radius 3 is 2.78 bits per heavy atom. The Kier molecular flexibility index (Phi) is 4.53. The van der Waals surface area contributed by atoms with Crippen LogP contribution in [0.4, 0.5) is 0 Å². The predicted octanol–water partition coefficient (Wildman–Crippen LogP) is 2.69. The molecule has 0 aliphatic carbocycles. The van der Waals surface area contributed by atoms with Crippen LogP contribution >= 0.6 is 0 Å². The SMILES string of the molecule is CCCCNC1O[Si](CC)(CC)c2cnccc21. The van der Waals surface area contributed by atoms with Gasteiger partial charge in [-0.25, -0.2) is 0 Å². The Bertz CT molecular complexity index is 393. The van der Waals surface area contributed by atoms with Crippen LogP contribution in [-0.2, 0) is 4.43 Å². The van der Waals surface area contributed by atoms with Crippen LogP contribution in [0.25, 0.3) is 0 Å². The molecule has 3 nitrogen and oxygen atoms in total. The minimum atomic E-state index is -1.75. The number of aromatic nitrogens is 1. The van der Waals surface area contributed by atoms with E-state index in [9.17, 15) is 0 Å². The fourth-order valence-corrected chi connectivity index (χ4v) is 6.16. The third kappa shape index (κ3) is 2.37. The lowest BCUT2D eigenvalue weighted by Gasteiger charge is -2.25. The molecule has 1 aromatic rings. The summed E-state index contributed by atoms with van der Waals surface area (Å²) in [7, 11) is -1.75. The average Bonchev–Trinajstić information content (AvgIpc) is 2.74. The van der Waals surface area contributed by atoms with Crippen LogP contribution in [0.2, 0.25) is 12.1 Å². The van der Waals surface area contributed by atoms with Gasteiger partial charge in [0.1, 0.15) is 6.23 Å². The van der Waals surface area contributed by atoms with E-state index in [0.29, 0.717) is 0 Å². The quantitative estimate of drug-likeness (QED) is 0.633. The van der Waals surface area contributed by atoms with Gasteiger partial charge < -0.3 is 4.43 Å². The third-order valence-electron chi connectivity index (χ3n) is 3.97. The fourth-order valence-electron chi connectivity index (χ4n) is 2.73. The van der Waals surface area contributed by atoms with E-state index in [1.54, 1.807) is 0 Å². The maximum Gasteiger partial charge on any atom is 0.228 e. The molecular weight excluding hydrogens is 240 g/mol. The van der Waals surface area contributed by atoms with Gasteiger partial charge >= 0.3 is 0 Å². The summed E-state index contributed by atoms with van der Waals surface area (Å²) in [6.07, 6.45) is 6.43. The van der Waals surface area contributed by atoms with Crippen molar-refractivity contribution < 1.29 is 4.43 Å². The Morgan fingerprint density at radius 1 is 1.33 bits per heavy atom. The summed E-state index contributed by atoms with van der Waals surface area (Å²) in [5.41, 5.74) is 1.33. The highest BCUT2D eigenvalue weighted by Gasteiger charge is 2.45. The summed E-state index contributed by atoms with van der Waals surface area (Å²) in [6.45, 7) is 7.74. The second-order valence-corrected chi connectivity index (χ2v) is 9.15. The van der Waals surface area contributed by atoms with Gasteiger partial charge in [0.2, 0.25) is 8.32 Å². The van der Waals surface area contributed by atoms with Gasteiger partial charge in [0.25, 0.3) is 0 Å². The largest absolute Gasteiger partial charge is 0.393 e. The molecular formula is C14H24N2OSi. The number of rotatable bonds is 6. The van der Waals surface area contributed by atoms with Crippen LogP contribution in [-0.4, -0.2) is 19.8 Å². The predicted molar refractivity (Wildman–Crippen MR) is 77.3 cm³/mol. The molecule has 4 heteroatoms. The molecule has 100 valence electrons. The smallest absolute Gasteiger partial charge is 0.228 e. The maximum atomic E-state index is 6.45. The van der Waals surface area contributed by atoms with E-state index >= 15 is 0 Å². The topological polar surface area (TPSA) is 34.1 Å². The van der Waals surface area contributed by atoms with E-state index in [0.717, 1.165) is 18.6 Å². The van der Waals surface area contributed by atoms with Crippen LogP contribution in [0.1, 0.15) is 45.4 Å². The number of hydrogen-bond donors (Lipinski definition) is 1. The normalized spacial score (nSPS) is 20.9. The van der Waals surface area contributed by atoms with Crippen molar-refractivity contribution >= 4 is 13.5 Å². The maximum absolute atomic E-state index is 6.45. The van der Waals surface area contributed by atoms with Crippen molar-refractivity contribution in [1.82, 2.24) is 10.3 Å². The van der Waals surface area contributed by atoms with Gasteiger partial charge in [-0.15, -0.1) is 0 Å². The first kappa shape index (κ1) is 13.7. The Morgan fingerprint density at radius 2 is 2.11 bits per heavy atom. The van der Waals surface area contributed by atoms with Crippen molar-refractivity contribution in [3.8, 4) is 0 Å². The number of nitrogens with zero attached hydrogens (tertiary/aromatic N) is 1. The lowest BCUT2D eigenvalue weighted by Crippen LogP contribution is -2.46. The van der Waals surface area contributed by atoms with Gasteiger partial charge in [0.05, 0.1) is 0 Å². The molecule has 1 unspecified atom stereocenters. The number of hydrogen-bond acceptors (Lipinski definition) is 3. The third-order valence-corrected chi connectivity index (χ3v) is 8.34. The van der Waals surface area contributed by atoms with Gasteiger partial charge in [-0.1, -0.05) is 27.2 Å². The second-order valence-electron chi connectivity index (χ2n) is 4.97. The monoisotopic (exact) mass is 264 g/mol. The highest BCUT2D eigenvalue weighted by Crippen LogP contribution is 2.32. The summed E-state index contributed by atoms with van der Waals surface area (Å²) in [5, 5.41) is 4.95. The molecule has 1 aliphatic heterocycles. The molecule has 0 amide bonds. The van der Waals surface area contributed by atoms with E-state index < -0.39 is 8.32 Å². The van der Waals surface area contributed by atoms with E-state index in [2.05, 4.69) is 37.1 Å². The molecule has 0 aromatic carbocycles. The minimum Gasteiger partial charge on any atom is -0.393 e. The standard InChI is InChI=1S/C14H24N2OSi/c1-4-7-9-16-14-12-8-10-15-11-13(12)18(5-2,6-3)17-14/h8,10-11,14,16H,4-7,9H2,1-3H3. The van der Waals surface area contributed by atoms with Crippen LogP contribution in [0, 0.1) is 0 Å². The first-order valence-electron chi connectivity index (χ1n) is 7.13. The molecule has 1 aliphatic rings. The van der Waals surface area contributed by atoms with Gasteiger partial charge in [-0.2, -0.15) is 0 Å². The highest BCUT2D eigenvalue weighted by molar-refractivity contribution is 6.87. The van der Waals surface area contributed by atoms with Gasteiger partial charge in [-0.3, -0.25) is 10.3 Å². The van der Waals surface area contributed by atoms with Crippen LogP contribution < -0.4 is 10.5 Å². The summed E-state index contributed by atoms with van der Waals surface area (Å²) >= 11 is 0. The van der Waals surface area contributed by atoms with Crippen LogP contribution in [0.15, 0.2) is 18.5 Å². The van der Waals surface area contributed by atoms with E-state index in [4.69, 9.17) is 4.43 Å². The molecule has 0 radical (unpaired) electrons. The molecule has 2 heterocycles. The second kappa shape index (κ2) is 5.95. The van der Waals surface area contributed by atoms with Crippen LogP contribution in [0.3, 0.4) is 0 Å². The average molecular weight is 264 g/mol. The Balaban J connectivity index is 2.22. The molecule has 0 saturated carbocycles. The highest BCUT2D eigenvalue weighted by atomic mass is 28.4. The molecule has 18 heavy (non-hydrogen) atoms. The van der Waals surface area contributed by atoms with E-state index in [1.807, 2.05) is 12.4 Å². The van der Waals surface area contributed by atoms with E-state index in [-0.39, 0.29) is 6.23 Å². The molecule has 2 rings (SSSR count). The Hall–Kier alpha value is -0.713. The van der Waals surface area contributed by atoms with Crippen molar-refractivity contribution in [3.63, 3.8) is 0 Å². The fraction of sp³-hybridized carbons (Fsp3) is 0.643. The molecule has 1 atom stereocenters. The number of nitrogens with one attached hydrogen (secondary N) is 1. The van der Waals surface area contributed by atoms with Crippen molar-refractivity contribution in [2.24, 2.45) is 0 Å². The zero-order chi connectivity index (χ0) is 13.0. The number of fused-ring (bicyclic) bond motifs is 1. The summed E-state index contributed by atoms with van der Waals surface area (Å²) in [6, 6.07) is 4.39. The van der Waals surface area contributed by atoms with Gasteiger partial charge in [0, 0.05) is 12.4 Å². The van der Waals surface area contributed by atoms with Gasteiger partial charge in [0.15, 0.2) is 0 Å². The van der Waals surface area contributed by atoms with Crippen molar-refractivity contribution in [1.29, 1.82) is 0 Å². The lowest BCUT2D eigenvalue weighted by molar-refractivity contribution is 0.170. The molecule has 0 saturated heterocycles. The van der Waals surface area contributed by atoms with Crippen molar-refractivity contribution in [2.45, 2.75) is 51.9 Å². The van der Waals surface area contributed by atoms with Crippen molar-refractivity contribution in [3.05, 3.63) is 24.0 Å². The molecule has 0 bridgehead atoms. The molecule has 0 fully saturated rings. The first-order valence-corrected chi connectivity index (χ1v) is 9.45. The number of pyridine rings is 1. The Labute approximate surface area is 111 Å². The van der Waals surface area contributed by atoms with Crippen LogP contribution in [0.5, 0.6) is 0 Å². The van der Waals surface area contributed by atoms with E-state index in [1.165, 1.54) is 23.6 Å². The van der Waals surface area contributed by atoms with Crippen molar-refractivity contribution in [2.75, 3.05) is 6.54 Å². The molecule has 1 N–H and O–H groups in total. The molecule has 0 spiro atoms. The zero-order valence-corrected chi connectivity index (χ0v) is 12.7. The minimum absolute atomic E-state index is 0.0983. The summed E-state index contributed by atoms with van der Waals surface area (Å²) in [5.74, 6) is 0. The first-order chi connectivity index (χ1) is 8.77. The number of unbranched alkanes of at least 4 members (excludes halogenated alkanes) is 1. The lowest BCUT2D eigenvalue weighted by atomic mass is 10.2. The molecule has 1 aromatic heterocycles. The zero-order valence-electron chi connectivity index (χ0n) is 11.7. The summed E-state index contributed by atoms with van der Waals surface area (Å²) in [4.78, 5) is 4.31. The summed E-state index contributed by atoms with van der Waals surface area (Å²) < 4.78 is 6.45.